The van der Waals surface area contributed by atoms with E-state index in [-0.39, 0.29) is 19.4 Å². The standard InChI is InChI=1S/C54H103N2O18P/c1-4-7-10-13-16-19-22-25-28-31-39(59)36-42(60)56-46-47(63)49(65)53(73-54(46)70-35-34-57)50(66)52-45(48(64)51(41(38-58)72-52)74-75(67,68)69)55-43(61)37-40(32-29-26-23-20-17-14-11-8-5-2)71-44(62)33-30-27-24-21-18-15-12-9-6-3/h39-41,45-54,57-59,63-66H,4-38H2,1-3H3,(H,55,61)(H,56,60)(H2,67,68,69)/t39-,40-,41-,45+,46+,47-,48-,49+,50?,51-,52-,53+,54+/m1/s1. The van der Waals surface area contributed by atoms with Crippen LogP contribution >= 0.6 is 7.82 Å². The van der Waals surface area contributed by atoms with Crippen molar-refractivity contribution in [2.75, 3.05) is 19.8 Å². The number of unbranched alkanes of at least 4 members (excludes halogenated alkanes) is 24. The molecule has 2 saturated heterocycles. The molecular formula is C54H103N2O18P. The van der Waals surface area contributed by atoms with Crippen molar-refractivity contribution in [2.45, 2.75) is 306 Å². The molecule has 2 aliphatic rings. The molecule has 0 aromatic heterocycles. The molecule has 442 valence electrons. The van der Waals surface area contributed by atoms with Crippen LogP contribution in [0, 0.1) is 0 Å². The van der Waals surface area contributed by atoms with E-state index in [1.165, 1.54) is 64.2 Å². The maximum atomic E-state index is 14.1. The van der Waals surface area contributed by atoms with Crippen LogP contribution in [0.3, 0.4) is 0 Å². The van der Waals surface area contributed by atoms with E-state index in [0.717, 1.165) is 89.9 Å². The molecule has 11 N–H and O–H groups in total. The number of rotatable bonds is 45. The highest BCUT2D eigenvalue weighted by atomic mass is 31.2. The van der Waals surface area contributed by atoms with Crippen molar-refractivity contribution >= 4 is 25.6 Å². The van der Waals surface area contributed by atoms with Crippen molar-refractivity contribution in [1.29, 1.82) is 0 Å². The predicted octanol–water partition coefficient (Wildman–Crippen LogP) is 6.19. The Morgan fingerprint density at radius 3 is 1.53 bits per heavy atom. The van der Waals surface area contributed by atoms with Gasteiger partial charge >= 0.3 is 13.8 Å². The lowest BCUT2D eigenvalue weighted by Gasteiger charge is -2.49. The van der Waals surface area contributed by atoms with Gasteiger partial charge in [-0.1, -0.05) is 181 Å². The second-order valence-corrected chi connectivity index (χ2v) is 22.3. The largest absolute Gasteiger partial charge is 0.470 e. The lowest BCUT2D eigenvalue weighted by Crippen LogP contribution is -2.72. The molecule has 0 bridgehead atoms. The van der Waals surface area contributed by atoms with Crippen molar-refractivity contribution in [3.63, 3.8) is 0 Å². The van der Waals surface area contributed by atoms with Crippen molar-refractivity contribution in [2.24, 2.45) is 0 Å². The maximum Gasteiger partial charge on any atom is 0.470 e. The van der Waals surface area contributed by atoms with Crippen molar-refractivity contribution in [3.8, 4) is 0 Å². The van der Waals surface area contributed by atoms with Crippen LogP contribution in [0.4, 0.5) is 0 Å². The third-order valence-electron chi connectivity index (χ3n) is 14.4. The third-order valence-corrected chi connectivity index (χ3v) is 14.9. The Morgan fingerprint density at radius 1 is 0.573 bits per heavy atom. The number of aliphatic hydroxyl groups excluding tert-OH is 7. The second kappa shape index (κ2) is 41.2. The number of carbonyl (C=O) groups excluding carboxylic acids is 3. The van der Waals surface area contributed by atoms with Gasteiger partial charge in [0.15, 0.2) is 6.29 Å². The summed E-state index contributed by atoms with van der Waals surface area (Å²) in [5, 5.41) is 82.4. The van der Waals surface area contributed by atoms with Gasteiger partial charge in [-0.15, -0.1) is 0 Å². The highest BCUT2D eigenvalue weighted by molar-refractivity contribution is 7.46. The Kier molecular flexibility index (Phi) is 38.0. The smallest absolute Gasteiger partial charge is 0.462 e. The number of amides is 2. The van der Waals surface area contributed by atoms with Gasteiger partial charge < -0.3 is 75.1 Å². The fourth-order valence-corrected chi connectivity index (χ4v) is 10.7. The number of ether oxygens (including phenoxy) is 4. The Hall–Kier alpha value is -1.88. The molecule has 75 heavy (non-hydrogen) atoms. The SMILES string of the molecule is CCCCCCCCCCCC(=O)O[C@H](CCCCCCCCCCC)CC(=O)N[C@H]1[C@@H](O)[C@H](OP(=O)(O)O)[C@@H](CO)O[C@H]1C(O)[C@H]1O[C@H](OCCO)[C@@H](NC(=O)C[C@H](O)CCCCCCCCCCC)[C@@H](O)[C@@H]1O. The molecule has 2 rings (SSSR count). The van der Waals surface area contributed by atoms with Crippen LogP contribution < -0.4 is 10.6 Å². The fraction of sp³-hybridized carbons (Fsp3) is 0.944. The van der Waals surface area contributed by atoms with Crippen molar-refractivity contribution < 1.29 is 88.0 Å². The first-order chi connectivity index (χ1) is 36.0. The summed E-state index contributed by atoms with van der Waals surface area (Å²) in [6, 6.07) is -3.29. The van der Waals surface area contributed by atoms with Crippen LogP contribution in [-0.4, -0.2) is 163 Å². The van der Waals surface area contributed by atoms with Gasteiger partial charge in [0, 0.05) is 6.42 Å². The predicted molar refractivity (Wildman–Crippen MR) is 283 cm³/mol. The van der Waals surface area contributed by atoms with Gasteiger partial charge in [-0.05, 0) is 25.7 Å². The van der Waals surface area contributed by atoms with Gasteiger partial charge in [-0.25, -0.2) is 4.57 Å². The van der Waals surface area contributed by atoms with Gasteiger partial charge in [-0.3, -0.25) is 18.9 Å². The van der Waals surface area contributed by atoms with E-state index in [2.05, 4.69) is 31.4 Å². The maximum absolute atomic E-state index is 14.1. The minimum atomic E-state index is -5.39. The summed E-state index contributed by atoms with van der Waals surface area (Å²) in [5.74, 6) is -1.99. The number of phosphoric ester groups is 1. The summed E-state index contributed by atoms with van der Waals surface area (Å²) < 4.78 is 40.3. The number of esters is 1. The van der Waals surface area contributed by atoms with Crippen molar-refractivity contribution in [1.82, 2.24) is 10.6 Å². The number of phosphoric acid groups is 1. The van der Waals surface area contributed by atoms with Gasteiger partial charge in [-0.2, -0.15) is 0 Å². The molecule has 0 aliphatic carbocycles. The molecule has 21 heteroatoms. The van der Waals surface area contributed by atoms with Crippen LogP contribution in [0.5, 0.6) is 0 Å². The average molecular weight is 1100 g/mol. The Morgan fingerprint density at radius 2 is 1.04 bits per heavy atom. The van der Waals surface area contributed by atoms with E-state index < -0.39 is 125 Å². The van der Waals surface area contributed by atoms with Crippen molar-refractivity contribution in [3.05, 3.63) is 0 Å². The first-order valence-corrected chi connectivity index (χ1v) is 30.6. The number of carbonyl (C=O) groups is 3. The van der Waals surface area contributed by atoms with E-state index in [1.807, 2.05) is 0 Å². The van der Waals surface area contributed by atoms with Crippen LogP contribution in [0.1, 0.15) is 226 Å². The van der Waals surface area contributed by atoms with Crippen LogP contribution in [0.25, 0.3) is 0 Å². The fourth-order valence-electron chi connectivity index (χ4n) is 10.1. The zero-order valence-corrected chi connectivity index (χ0v) is 46.8. The quantitative estimate of drug-likeness (QED) is 0.0184. The summed E-state index contributed by atoms with van der Waals surface area (Å²) in [4.78, 5) is 60.0. The average Bonchev–Trinajstić information content (AvgIpc) is 3.36. The molecule has 2 aliphatic heterocycles. The lowest BCUT2D eigenvalue weighted by atomic mass is 9.84. The molecule has 2 amide bonds. The summed E-state index contributed by atoms with van der Waals surface area (Å²) in [7, 11) is -5.39. The van der Waals surface area contributed by atoms with Crippen LogP contribution in [0.15, 0.2) is 0 Å². The van der Waals surface area contributed by atoms with Gasteiger partial charge in [0.25, 0.3) is 0 Å². The zero-order chi connectivity index (χ0) is 55.4. The number of hydrogen-bond acceptors (Lipinski definition) is 16. The normalized spacial score (nSPS) is 25.4. The van der Waals surface area contributed by atoms with Crippen LogP contribution in [-0.2, 0) is 42.4 Å². The summed E-state index contributed by atoms with van der Waals surface area (Å²) in [6.45, 7) is 4.58. The van der Waals surface area contributed by atoms with E-state index in [9.17, 15) is 64.5 Å². The van der Waals surface area contributed by atoms with E-state index in [1.54, 1.807) is 0 Å². The first-order valence-electron chi connectivity index (χ1n) is 29.1. The highest BCUT2D eigenvalue weighted by Gasteiger charge is 2.56. The van der Waals surface area contributed by atoms with E-state index in [4.69, 9.17) is 23.5 Å². The molecule has 0 radical (unpaired) electrons. The number of aliphatic hydroxyl groups is 7. The van der Waals surface area contributed by atoms with Crippen LogP contribution in [0.2, 0.25) is 0 Å². The Bertz CT molecular complexity index is 1530. The Labute approximate surface area is 448 Å². The monoisotopic (exact) mass is 1100 g/mol. The molecule has 0 aromatic carbocycles. The molecule has 1 unspecified atom stereocenters. The second-order valence-electron chi connectivity index (χ2n) is 21.1. The van der Waals surface area contributed by atoms with E-state index >= 15 is 0 Å². The number of hydrogen-bond donors (Lipinski definition) is 11. The minimum Gasteiger partial charge on any atom is -0.462 e. The molecule has 13 atom stereocenters. The molecule has 0 aromatic rings. The minimum absolute atomic E-state index is 0.156. The molecule has 0 spiro atoms. The Balaban J connectivity index is 2.26. The molecular weight excluding hydrogens is 996 g/mol. The zero-order valence-electron chi connectivity index (χ0n) is 45.9. The topological polar surface area (TPSA) is 321 Å². The lowest BCUT2D eigenvalue weighted by molar-refractivity contribution is -0.301. The molecule has 20 nitrogen and oxygen atoms in total. The molecule has 0 saturated carbocycles. The summed E-state index contributed by atoms with van der Waals surface area (Å²) >= 11 is 0. The molecule has 2 fully saturated rings. The molecule has 2 heterocycles. The summed E-state index contributed by atoms with van der Waals surface area (Å²) in [6.07, 6.45) is 9.45. The van der Waals surface area contributed by atoms with E-state index in [0.29, 0.717) is 32.1 Å². The third kappa shape index (κ3) is 29.2. The van der Waals surface area contributed by atoms with Gasteiger partial charge in [0.1, 0.15) is 61.0 Å². The highest BCUT2D eigenvalue weighted by Crippen LogP contribution is 2.42. The number of nitrogens with one attached hydrogen (secondary N) is 2. The van der Waals surface area contributed by atoms with Gasteiger partial charge in [0.05, 0.1) is 44.8 Å². The van der Waals surface area contributed by atoms with Gasteiger partial charge in [0.2, 0.25) is 11.8 Å². The first kappa shape index (κ1) is 69.2. The summed E-state index contributed by atoms with van der Waals surface area (Å²) in [5.41, 5.74) is 0.